The lowest BCUT2D eigenvalue weighted by molar-refractivity contribution is 0.472. The van der Waals surface area contributed by atoms with Crippen molar-refractivity contribution in [2.45, 2.75) is 32.1 Å². The van der Waals surface area contributed by atoms with Crippen LogP contribution in [0.1, 0.15) is 37.8 Å². The van der Waals surface area contributed by atoms with Crippen molar-refractivity contribution in [2.75, 3.05) is 0 Å². The first-order chi connectivity index (χ1) is 6.52. The summed E-state index contributed by atoms with van der Waals surface area (Å²) in [6, 6.07) is 6.40. The molecule has 14 heavy (non-hydrogen) atoms. The summed E-state index contributed by atoms with van der Waals surface area (Å²) in [4.78, 5) is 0. The predicted octanol–water partition coefficient (Wildman–Crippen LogP) is 4.53. The summed E-state index contributed by atoms with van der Waals surface area (Å²) >= 11 is 3.64. The molecule has 1 aliphatic carbocycles. The molecule has 1 heteroatoms. The Morgan fingerprint density at radius 3 is 2.71 bits per heavy atom. The summed E-state index contributed by atoms with van der Waals surface area (Å²) in [7, 11) is 0. The highest BCUT2D eigenvalue weighted by molar-refractivity contribution is 9.10. The molecule has 0 fully saturated rings. The number of benzene rings is 1. The Morgan fingerprint density at radius 1 is 1.36 bits per heavy atom. The topological polar surface area (TPSA) is 0 Å². The molecule has 0 atom stereocenters. The van der Waals surface area contributed by atoms with Crippen molar-refractivity contribution in [1.29, 1.82) is 0 Å². The first-order valence-electron chi connectivity index (χ1n) is 4.99. The fourth-order valence-electron chi connectivity index (χ4n) is 2.23. The van der Waals surface area contributed by atoms with Gasteiger partial charge in [0.25, 0.3) is 0 Å². The molecule has 0 heterocycles. The van der Waals surface area contributed by atoms with Gasteiger partial charge in [0.15, 0.2) is 0 Å². The Balaban J connectivity index is 2.70. The summed E-state index contributed by atoms with van der Waals surface area (Å²) < 4.78 is 1.22. The third-order valence-electron chi connectivity index (χ3n) is 3.12. The van der Waals surface area contributed by atoms with E-state index in [9.17, 15) is 0 Å². The van der Waals surface area contributed by atoms with E-state index < -0.39 is 0 Å². The van der Waals surface area contributed by atoms with E-state index in [0.29, 0.717) is 0 Å². The van der Waals surface area contributed by atoms with E-state index in [1.54, 1.807) is 0 Å². The Kier molecular flexibility index (Phi) is 2.30. The molecule has 0 bridgehead atoms. The molecule has 0 saturated carbocycles. The van der Waals surface area contributed by atoms with Gasteiger partial charge in [0.1, 0.15) is 0 Å². The minimum Gasteiger partial charge on any atom is -0.0952 e. The third-order valence-corrected chi connectivity index (χ3v) is 3.78. The monoisotopic (exact) mass is 250 g/mol. The Bertz CT molecular complexity index is 388. The maximum Gasteiger partial charge on any atom is 0.0218 e. The van der Waals surface area contributed by atoms with Crippen molar-refractivity contribution in [3.63, 3.8) is 0 Å². The smallest absolute Gasteiger partial charge is 0.0218 e. The van der Waals surface area contributed by atoms with Gasteiger partial charge in [0.2, 0.25) is 0 Å². The zero-order chi connectivity index (χ0) is 10.3. The van der Waals surface area contributed by atoms with Crippen LogP contribution in [-0.4, -0.2) is 0 Å². The van der Waals surface area contributed by atoms with Crippen LogP contribution >= 0.6 is 15.9 Å². The fraction of sp³-hybridized carbons (Fsp3) is 0.385. The van der Waals surface area contributed by atoms with Crippen LogP contribution in [0.5, 0.6) is 0 Å². The molecule has 1 aromatic rings. The van der Waals surface area contributed by atoms with Crippen LogP contribution in [0.3, 0.4) is 0 Å². The number of fused-ring (bicyclic) bond motifs is 1. The van der Waals surface area contributed by atoms with Crippen LogP contribution in [0.4, 0.5) is 0 Å². The predicted molar refractivity (Wildman–Crippen MR) is 65.4 cm³/mol. The number of rotatable bonds is 0. The highest BCUT2D eigenvalue weighted by Gasteiger charge is 2.30. The van der Waals surface area contributed by atoms with E-state index >= 15 is 0 Å². The average Bonchev–Trinajstić information content (AvgIpc) is 2.12. The third kappa shape index (κ3) is 1.44. The van der Waals surface area contributed by atoms with Crippen LogP contribution in [-0.2, 0) is 5.41 Å². The molecule has 2 rings (SSSR count). The molecule has 0 spiro atoms. The van der Waals surface area contributed by atoms with E-state index in [1.165, 1.54) is 27.6 Å². The van der Waals surface area contributed by atoms with E-state index in [-0.39, 0.29) is 5.41 Å². The Labute approximate surface area is 94.2 Å². The quantitative estimate of drug-likeness (QED) is 0.635. The molecule has 0 aromatic heterocycles. The molecule has 0 aliphatic heterocycles. The lowest BCUT2D eigenvalue weighted by Gasteiger charge is -2.34. The van der Waals surface area contributed by atoms with Gasteiger partial charge in [-0.2, -0.15) is 0 Å². The van der Waals surface area contributed by atoms with E-state index in [1.807, 2.05) is 0 Å². The molecule has 0 saturated heterocycles. The van der Waals surface area contributed by atoms with Gasteiger partial charge in [-0.15, -0.1) is 0 Å². The molecule has 0 amide bonds. The highest BCUT2D eigenvalue weighted by Crippen LogP contribution is 2.44. The maximum atomic E-state index is 4.14. The zero-order valence-corrected chi connectivity index (χ0v) is 10.3. The maximum absolute atomic E-state index is 4.14. The van der Waals surface area contributed by atoms with Crippen LogP contribution in [0, 0.1) is 0 Å². The number of allylic oxidation sites excluding steroid dienone is 1. The largest absolute Gasteiger partial charge is 0.0952 e. The number of hydrogen-bond donors (Lipinski definition) is 0. The Hall–Kier alpha value is -0.560. The molecular weight excluding hydrogens is 236 g/mol. The summed E-state index contributed by atoms with van der Waals surface area (Å²) in [5.74, 6) is 0. The van der Waals surface area contributed by atoms with Crippen molar-refractivity contribution in [3.05, 3.63) is 40.4 Å². The van der Waals surface area contributed by atoms with Crippen molar-refractivity contribution in [3.8, 4) is 0 Å². The van der Waals surface area contributed by atoms with Gasteiger partial charge in [-0.05, 0) is 41.0 Å². The molecule has 1 aliphatic rings. The first kappa shape index (κ1) is 9.97. The van der Waals surface area contributed by atoms with Crippen LogP contribution in [0.25, 0.3) is 5.57 Å². The summed E-state index contributed by atoms with van der Waals surface area (Å²) in [6.45, 7) is 8.76. The molecule has 1 aromatic carbocycles. The molecule has 74 valence electrons. The minimum absolute atomic E-state index is 0.274. The van der Waals surface area contributed by atoms with Gasteiger partial charge in [0.05, 0.1) is 0 Å². The van der Waals surface area contributed by atoms with Gasteiger partial charge < -0.3 is 0 Å². The summed E-state index contributed by atoms with van der Waals surface area (Å²) in [6.07, 6.45) is 2.32. The van der Waals surface area contributed by atoms with E-state index in [2.05, 4.69) is 54.6 Å². The molecular formula is C13H15Br. The molecule has 0 unspecified atom stereocenters. The van der Waals surface area contributed by atoms with Gasteiger partial charge >= 0.3 is 0 Å². The minimum atomic E-state index is 0.274. The first-order valence-corrected chi connectivity index (χ1v) is 5.79. The zero-order valence-electron chi connectivity index (χ0n) is 8.73. The molecule has 0 N–H and O–H groups in total. The Morgan fingerprint density at radius 2 is 2.07 bits per heavy atom. The van der Waals surface area contributed by atoms with Gasteiger partial charge in [-0.25, -0.2) is 0 Å². The average molecular weight is 251 g/mol. The standard InChI is InChI=1S/C13H15Br/c1-9-7-8-13(2,3)12-10(9)5-4-6-11(12)14/h4-6H,1,7-8H2,2-3H3. The lowest BCUT2D eigenvalue weighted by Crippen LogP contribution is -2.23. The molecule has 0 radical (unpaired) electrons. The van der Waals surface area contributed by atoms with Crippen LogP contribution < -0.4 is 0 Å². The SMILES string of the molecule is C=C1CCC(C)(C)c2c(Br)cccc21. The summed E-state index contributed by atoms with van der Waals surface area (Å²) in [5, 5.41) is 0. The van der Waals surface area contributed by atoms with Crippen LogP contribution in [0.15, 0.2) is 29.3 Å². The molecule has 0 nitrogen and oxygen atoms in total. The number of halogens is 1. The van der Waals surface area contributed by atoms with E-state index in [0.717, 1.165) is 6.42 Å². The van der Waals surface area contributed by atoms with Crippen LogP contribution in [0.2, 0.25) is 0 Å². The van der Waals surface area contributed by atoms with Gasteiger partial charge in [-0.1, -0.05) is 48.5 Å². The second-order valence-corrected chi connectivity index (χ2v) is 5.50. The number of hydrogen-bond acceptors (Lipinski definition) is 0. The summed E-state index contributed by atoms with van der Waals surface area (Å²) in [5.41, 5.74) is 4.32. The van der Waals surface area contributed by atoms with E-state index in [4.69, 9.17) is 0 Å². The van der Waals surface area contributed by atoms with Crippen molar-refractivity contribution < 1.29 is 0 Å². The van der Waals surface area contributed by atoms with Gasteiger partial charge in [0, 0.05) is 4.47 Å². The second-order valence-electron chi connectivity index (χ2n) is 4.65. The van der Waals surface area contributed by atoms with Crippen molar-refractivity contribution in [2.24, 2.45) is 0 Å². The van der Waals surface area contributed by atoms with Crippen molar-refractivity contribution >= 4 is 21.5 Å². The lowest BCUT2D eigenvalue weighted by atomic mass is 9.71. The highest BCUT2D eigenvalue weighted by atomic mass is 79.9. The normalized spacial score (nSPS) is 19.2. The second kappa shape index (κ2) is 3.23. The fourth-order valence-corrected chi connectivity index (χ4v) is 3.13. The van der Waals surface area contributed by atoms with Gasteiger partial charge in [-0.3, -0.25) is 0 Å². The van der Waals surface area contributed by atoms with Crippen molar-refractivity contribution in [1.82, 2.24) is 0 Å².